The van der Waals surface area contributed by atoms with Gasteiger partial charge in [0, 0.05) is 6.54 Å². The summed E-state index contributed by atoms with van der Waals surface area (Å²) in [5, 5.41) is 1.38. The molecule has 0 atom stereocenters. The Bertz CT molecular complexity index is 31.2. The van der Waals surface area contributed by atoms with E-state index in [0.29, 0.717) is 0 Å². The lowest BCUT2D eigenvalue weighted by molar-refractivity contribution is -0.339. The highest BCUT2D eigenvalue weighted by molar-refractivity contribution is 4.10. The Morgan fingerprint density at radius 1 is 1.29 bits per heavy atom. The lowest BCUT2D eigenvalue weighted by atomic mass is 10.8. The van der Waals surface area contributed by atoms with Crippen LogP contribution in [0.2, 0.25) is 0 Å². The molecule has 3 nitrogen and oxygen atoms in total. The van der Waals surface area contributed by atoms with Crippen molar-refractivity contribution in [2.75, 3.05) is 20.8 Å². The van der Waals surface area contributed by atoms with Gasteiger partial charge in [-0.15, -0.1) is 0 Å². The molecule has 0 aromatic carbocycles. The lowest BCUT2D eigenvalue weighted by Crippen LogP contribution is -2.19. The van der Waals surface area contributed by atoms with E-state index in [9.17, 15) is 0 Å². The summed E-state index contributed by atoms with van der Waals surface area (Å²) in [5.41, 5.74) is 0. The van der Waals surface area contributed by atoms with Gasteiger partial charge in [0.25, 0.3) is 0 Å². The molecule has 0 aromatic heterocycles. The fourth-order valence-electron chi connectivity index (χ4n) is 0.333. The minimum absolute atomic E-state index is 0.743. The molecule has 0 aromatic rings. The summed E-state index contributed by atoms with van der Waals surface area (Å²) in [5.74, 6) is 0. The number of rotatable bonds is 3. The molecule has 0 rings (SSSR count). The normalized spacial score (nSPS) is 10.3. The Kier molecular flexibility index (Phi) is 3.98. The van der Waals surface area contributed by atoms with Crippen molar-refractivity contribution in [1.82, 2.24) is 5.23 Å². The maximum absolute atomic E-state index is 4.66. The van der Waals surface area contributed by atoms with Crippen LogP contribution in [0, 0.1) is 0 Å². The number of hydrogen-bond acceptors (Lipinski definition) is 3. The lowest BCUT2D eigenvalue weighted by Gasteiger charge is -2.11. The molecule has 0 aliphatic rings. The van der Waals surface area contributed by atoms with Crippen LogP contribution in [0.5, 0.6) is 0 Å². The molecule has 0 saturated heterocycles. The van der Waals surface area contributed by atoms with Crippen molar-refractivity contribution in [3.05, 3.63) is 0 Å². The molecule has 0 spiro atoms. The summed E-state index contributed by atoms with van der Waals surface area (Å²) in [6.07, 6.45) is 0. The van der Waals surface area contributed by atoms with Crippen molar-refractivity contribution in [3.63, 3.8) is 0 Å². The van der Waals surface area contributed by atoms with Gasteiger partial charge in [-0.25, -0.2) is 0 Å². The van der Waals surface area contributed by atoms with Crippen molar-refractivity contribution >= 4 is 0 Å². The van der Waals surface area contributed by atoms with E-state index < -0.39 is 0 Å². The minimum Gasteiger partial charge on any atom is -0.278 e. The van der Waals surface area contributed by atoms with Crippen LogP contribution in [0.15, 0.2) is 0 Å². The highest BCUT2D eigenvalue weighted by atomic mass is 16.9. The van der Waals surface area contributed by atoms with Gasteiger partial charge in [0.1, 0.15) is 0 Å². The summed E-state index contributed by atoms with van der Waals surface area (Å²) < 4.78 is 0. The molecule has 7 heavy (non-hydrogen) atoms. The molecule has 0 fully saturated rings. The molecule has 0 saturated carbocycles. The van der Waals surface area contributed by atoms with Crippen LogP contribution in [-0.2, 0) is 9.68 Å². The summed E-state index contributed by atoms with van der Waals surface area (Å²) in [7, 11) is 3.12. The molecule has 44 valence electrons. The number of hydrogen-bond donors (Lipinski definition) is 0. The molecule has 0 radical (unpaired) electrons. The topological polar surface area (TPSA) is 21.7 Å². The first-order chi connectivity index (χ1) is 3.35. The van der Waals surface area contributed by atoms with Crippen molar-refractivity contribution in [1.29, 1.82) is 0 Å². The van der Waals surface area contributed by atoms with Crippen LogP contribution in [0.25, 0.3) is 0 Å². The third kappa shape index (κ3) is 2.56. The Hall–Kier alpha value is -0.120. The van der Waals surface area contributed by atoms with Crippen LogP contribution in [0.3, 0.4) is 0 Å². The summed E-state index contributed by atoms with van der Waals surface area (Å²) in [4.78, 5) is 9.32. The molecule has 3 heteroatoms. The Morgan fingerprint density at radius 3 is 1.71 bits per heavy atom. The van der Waals surface area contributed by atoms with Crippen LogP contribution >= 0.6 is 0 Å². The average molecular weight is 105 g/mol. The van der Waals surface area contributed by atoms with Crippen molar-refractivity contribution < 1.29 is 9.68 Å². The average Bonchev–Trinajstić information content (AvgIpc) is 1.72. The summed E-state index contributed by atoms with van der Waals surface area (Å²) in [6.45, 7) is 2.68. The molecule has 0 heterocycles. The van der Waals surface area contributed by atoms with Gasteiger partial charge < -0.3 is 0 Å². The largest absolute Gasteiger partial charge is 0.278 e. The zero-order chi connectivity index (χ0) is 5.70. The molecule has 0 amide bonds. The van der Waals surface area contributed by atoms with E-state index in [1.54, 1.807) is 14.2 Å². The van der Waals surface area contributed by atoms with E-state index in [1.807, 2.05) is 6.92 Å². The molecule has 0 aliphatic heterocycles. The molecular weight excluding hydrogens is 94.0 g/mol. The van der Waals surface area contributed by atoms with Gasteiger partial charge in [-0.1, -0.05) is 5.23 Å². The molecule has 0 N–H and O–H groups in total. The first-order valence-corrected chi connectivity index (χ1v) is 2.20. The highest BCUT2D eigenvalue weighted by Gasteiger charge is 1.90. The van der Waals surface area contributed by atoms with Gasteiger partial charge in [0.15, 0.2) is 0 Å². The smallest absolute Gasteiger partial charge is 0.0601 e. The Balaban J connectivity index is 2.99. The van der Waals surface area contributed by atoms with Crippen LogP contribution < -0.4 is 0 Å². The first kappa shape index (κ1) is 6.88. The molecule has 0 aliphatic carbocycles. The molecule has 0 bridgehead atoms. The third-order valence-electron chi connectivity index (χ3n) is 0.665. The van der Waals surface area contributed by atoms with E-state index in [-0.39, 0.29) is 0 Å². The second kappa shape index (κ2) is 4.05. The van der Waals surface area contributed by atoms with Crippen LogP contribution in [0.1, 0.15) is 6.92 Å². The highest BCUT2D eigenvalue weighted by Crippen LogP contribution is 1.82. The minimum atomic E-state index is 0.743. The fourth-order valence-corrected chi connectivity index (χ4v) is 0.333. The predicted molar refractivity (Wildman–Crippen MR) is 26.4 cm³/mol. The maximum Gasteiger partial charge on any atom is 0.0601 e. The van der Waals surface area contributed by atoms with E-state index >= 15 is 0 Å². The maximum atomic E-state index is 4.66. The van der Waals surface area contributed by atoms with Gasteiger partial charge >= 0.3 is 0 Å². The van der Waals surface area contributed by atoms with Gasteiger partial charge in [-0.2, -0.15) is 0 Å². The van der Waals surface area contributed by atoms with Crippen molar-refractivity contribution in [2.24, 2.45) is 0 Å². The number of nitrogens with zero attached hydrogens (tertiary/aromatic N) is 1. The van der Waals surface area contributed by atoms with Crippen molar-refractivity contribution in [2.45, 2.75) is 6.92 Å². The van der Waals surface area contributed by atoms with Crippen LogP contribution in [0.4, 0.5) is 0 Å². The zero-order valence-corrected chi connectivity index (χ0v) is 4.97. The Labute approximate surface area is 43.7 Å². The second-order valence-corrected chi connectivity index (χ2v) is 1.01. The Morgan fingerprint density at radius 2 is 1.71 bits per heavy atom. The molecule has 0 unspecified atom stereocenters. The van der Waals surface area contributed by atoms with Gasteiger partial charge in [-0.3, -0.25) is 9.68 Å². The van der Waals surface area contributed by atoms with Gasteiger partial charge in [-0.05, 0) is 6.92 Å². The van der Waals surface area contributed by atoms with Gasteiger partial charge in [0.2, 0.25) is 0 Å². The van der Waals surface area contributed by atoms with Crippen molar-refractivity contribution in [3.8, 4) is 0 Å². The summed E-state index contributed by atoms with van der Waals surface area (Å²) in [6, 6.07) is 0. The van der Waals surface area contributed by atoms with Gasteiger partial charge in [0.05, 0.1) is 14.2 Å². The fraction of sp³-hybridized carbons (Fsp3) is 1.00. The standard InChI is InChI=1S/C4H11NO2/c1-4-5(6-2)7-3/h4H2,1-3H3. The van der Waals surface area contributed by atoms with E-state index in [2.05, 4.69) is 9.68 Å². The summed E-state index contributed by atoms with van der Waals surface area (Å²) >= 11 is 0. The van der Waals surface area contributed by atoms with E-state index in [0.717, 1.165) is 6.54 Å². The third-order valence-corrected chi connectivity index (χ3v) is 0.665. The first-order valence-electron chi connectivity index (χ1n) is 2.20. The second-order valence-electron chi connectivity index (χ2n) is 1.01. The molecular formula is C4H11NO2. The van der Waals surface area contributed by atoms with Crippen LogP contribution in [-0.4, -0.2) is 26.0 Å². The number of hydroxylamine groups is 2. The zero-order valence-electron chi connectivity index (χ0n) is 4.97. The quantitative estimate of drug-likeness (QED) is 0.486. The van der Waals surface area contributed by atoms with E-state index in [4.69, 9.17) is 0 Å². The predicted octanol–water partition coefficient (Wildman–Crippen LogP) is 0.431. The van der Waals surface area contributed by atoms with E-state index in [1.165, 1.54) is 5.23 Å². The SMILES string of the molecule is CCN(OC)OC. The monoisotopic (exact) mass is 105 g/mol.